The molecule has 0 bridgehead atoms. The van der Waals surface area contributed by atoms with Crippen molar-refractivity contribution in [2.45, 2.75) is 6.42 Å². The van der Waals surface area contributed by atoms with Gasteiger partial charge >= 0.3 is 0 Å². The number of carbonyl (C=O) groups excluding carboxylic acids is 1. The molecule has 26 heavy (non-hydrogen) atoms. The summed E-state index contributed by atoms with van der Waals surface area (Å²) >= 11 is 6.33. The van der Waals surface area contributed by atoms with Gasteiger partial charge in [0.15, 0.2) is 0 Å². The van der Waals surface area contributed by atoms with Crippen molar-refractivity contribution >= 4 is 28.9 Å². The summed E-state index contributed by atoms with van der Waals surface area (Å²) in [4.78, 5) is 13.2. The highest BCUT2D eigenvalue weighted by Crippen LogP contribution is 2.30. The van der Waals surface area contributed by atoms with Crippen molar-refractivity contribution in [3.05, 3.63) is 101 Å². The van der Waals surface area contributed by atoms with Crippen LogP contribution >= 0.6 is 11.6 Å². The number of para-hydroxylation sites is 1. The second-order valence-corrected chi connectivity index (χ2v) is 6.59. The Morgan fingerprint density at radius 1 is 0.846 bits per heavy atom. The summed E-state index contributed by atoms with van der Waals surface area (Å²) in [6, 6.07) is 27.0. The summed E-state index contributed by atoms with van der Waals surface area (Å²) in [5.74, 6) is -0.396. The molecule has 4 heteroatoms. The van der Waals surface area contributed by atoms with Gasteiger partial charge in [-0.2, -0.15) is 10.1 Å². The molecule has 3 aromatic carbocycles. The summed E-state index contributed by atoms with van der Waals surface area (Å²) in [5, 5.41) is 6.85. The van der Waals surface area contributed by atoms with E-state index in [-0.39, 0.29) is 11.8 Å². The van der Waals surface area contributed by atoms with Crippen LogP contribution in [0.15, 0.2) is 90.0 Å². The van der Waals surface area contributed by atoms with Crippen molar-refractivity contribution in [1.29, 1.82) is 0 Å². The maximum atomic E-state index is 13.2. The van der Waals surface area contributed by atoms with E-state index in [1.165, 1.54) is 5.01 Å². The lowest BCUT2D eigenvalue weighted by Crippen LogP contribution is -2.29. The first-order chi connectivity index (χ1) is 12.7. The Kier molecular flexibility index (Phi) is 4.55. The van der Waals surface area contributed by atoms with Crippen LogP contribution < -0.4 is 5.01 Å². The topological polar surface area (TPSA) is 32.7 Å². The van der Waals surface area contributed by atoms with Crippen LogP contribution in [0.25, 0.3) is 0 Å². The fraction of sp³-hybridized carbons (Fsp3) is 0.0909. The standard InChI is InChI=1S/C22H17ClN2O/c23-20-14-8-7-11-17(20)15-19-21(16-9-3-1-4-10-16)24-25(22(19)26)18-12-5-2-6-13-18/h1-14,19H,15H2. The predicted octanol–water partition coefficient (Wildman–Crippen LogP) is 4.95. The van der Waals surface area contributed by atoms with Gasteiger partial charge in [0.1, 0.15) is 0 Å². The van der Waals surface area contributed by atoms with Crippen molar-refractivity contribution in [1.82, 2.24) is 0 Å². The van der Waals surface area contributed by atoms with Crippen LogP contribution in [0.4, 0.5) is 5.69 Å². The van der Waals surface area contributed by atoms with E-state index in [1.807, 2.05) is 84.9 Å². The van der Waals surface area contributed by atoms with Crippen LogP contribution in [-0.4, -0.2) is 11.6 Å². The van der Waals surface area contributed by atoms with E-state index in [1.54, 1.807) is 0 Å². The average molecular weight is 361 g/mol. The molecular formula is C22H17ClN2O. The Morgan fingerprint density at radius 2 is 1.46 bits per heavy atom. The Hall–Kier alpha value is -2.91. The Bertz CT molecular complexity index is 954. The molecule has 0 aromatic heterocycles. The van der Waals surface area contributed by atoms with Gasteiger partial charge in [0.05, 0.1) is 17.3 Å². The molecule has 1 atom stereocenters. The number of hydrogen-bond donors (Lipinski definition) is 0. The molecule has 3 aromatic rings. The van der Waals surface area contributed by atoms with Crippen molar-refractivity contribution in [3.8, 4) is 0 Å². The summed E-state index contributed by atoms with van der Waals surface area (Å²) in [6.45, 7) is 0. The minimum atomic E-state index is -0.363. The minimum Gasteiger partial charge on any atom is -0.272 e. The molecule has 0 aliphatic carbocycles. The molecule has 1 aliphatic heterocycles. The summed E-state index contributed by atoms with van der Waals surface area (Å²) in [6.07, 6.45) is 0.523. The molecule has 0 fully saturated rings. The van der Waals surface area contributed by atoms with E-state index in [2.05, 4.69) is 5.10 Å². The molecular weight excluding hydrogens is 344 g/mol. The van der Waals surface area contributed by atoms with E-state index >= 15 is 0 Å². The quantitative estimate of drug-likeness (QED) is 0.648. The zero-order chi connectivity index (χ0) is 17.9. The fourth-order valence-electron chi connectivity index (χ4n) is 3.18. The normalized spacial score (nSPS) is 16.7. The molecule has 3 nitrogen and oxygen atoms in total. The maximum absolute atomic E-state index is 13.2. The Labute approximate surface area is 157 Å². The zero-order valence-electron chi connectivity index (χ0n) is 14.0. The molecule has 0 radical (unpaired) electrons. The van der Waals surface area contributed by atoms with Crippen molar-refractivity contribution in [3.63, 3.8) is 0 Å². The van der Waals surface area contributed by atoms with Crippen LogP contribution in [0.1, 0.15) is 11.1 Å². The predicted molar refractivity (Wildman–Crippen MR) is 106 cm³/mol. The molecule has 1 unspecified atom stereocenters. The van der Waals surface area contributed by atoms with E-state index < -0.39 is 0 Å². The summed E-state index contributed by atoms with van der Waals surface area (Å²) in [7, 11) is 0. The minimum absolute atomic E-state index is 0.0324. The number of hydrogen-bond acceptors (Lipinski definition) is 2. The fourth-order valence-corrected chi connectivity index (χ4v) is 3.39. The molecule has 1 heterocycles. The first kappa shape index (κ1) is 16.6. The number of benzene rings is 3. The second-order valence-electron chi connectivity index (χ2n) is 6.18. The third kappa shape index (κ3) is 3.14. The van der Waals surface area contributed by atoms with Gasteiger partial charge in [-0.3, -0.25) is 4.79 Å². The Balaban J connectivity index is 1.75. The highest BCUT2D eigenvalue weighted by molar-refractivity contribution is 6.31. The number of amides is 1. The van der Waals surface area contributed by atoms with Gasteiger partial charge in [-0.05, 0) is 35.7 Å². The van der Waals surface area contributed by atoms with Gasteiger partial charge in [-0.25, -0.2) is 0 Å². The van der Waals surface area contributed by atoms with Crippen LogP contribution in [0.5, 0.6) is 0 Å². The lowest BCUT2D eigenvalue weighted by atomic mass is 9.90. The first-order valence-corrected chi connectivity index (χ1v) is 8.88. The van der Waals surface area contributed by atoms with Gasteiger partial charge in [0, 0.05) is 5.02 Å². The van der Waals surface area contributed by atoms with Gasteiger partial charge in [0.25, 0.3) is 5.91 Å². The van der Waals surface area contributed by atoms with E-state index in [9.17, 15) is 4.79 Å². The van der Waals surface area contributed by atoms with Crippen molar-refractivity contribution < 1.29 is 4.79 Å². The molecule has 4 rings (SSSR count). The lowest BCUT2D eigenvalue weighted by Gasteiger charge is -2.15. The molecule has 0 saturated carbocycles. The molecule has 0 spiro atoms. The summed E-state index contributed by atoms with van der Waals surface area (Å²) in [5.41, 5.74) is 3.45. The smallest absolute Gasteiger partial charge is 0.256 e. The van der Waals surface area contributed by atoms with Gasteiger partial charge in [0.2, 0.25) is 0 Å². The number of hydrazone groups is 1. The lowest BCUT2D eigenvalue weighted by molar-refractivity contribution is -0.119. The maximum Gasteiger partial charge on any atom is 0.256 e. The number of rotatable bonds is 4. The van der Waals surface area contributed by atoms with Crippen LogP contribution in [-0.2, 0) is 11.2 Å². The van der Waals surface area contributed by atoms with E-state index in [0.717, 1.165) is 22.5 Å². The number of nitrogens with zero attached hydrogens (tertiary/aromatic N) is 2. The SMILES string of the molecule is O=C1C(Cc2ccccc2Cl)C(c2ccccc2)=NN1c1ccccc1. The summed E-state index contributed by atoms with van der Waals surface area (Å²) < 4.78 is 0. The van der Waals surface area contributed by atoms with Gasteiger partial charge in [-0.1, -0.05) is 78.3 Å². The van der Waals surface area contributed by atoms with Crippen LogP contribution in [0, 0.1) is 5.92 Å². The molecule has 1 aliphatic rings. The third-order valence-corrected chi connectivity index (χ3v) is 4.87. The number of halogens is 1. The van der Waals surface area contributed by atoms with E-state index in [4.69, 9.17) is 11.6 Å². The average Bonchev–Trinajstić information content (AvgIpc) is 3.01. The van der Waals surface area contributed by atoms with Gasteiger partial charge < -0.3 is 0 Å². The second kappa shape index (κ2) is 7.14. The largest absolute Gasteiger partial charge is 0.272 e. The van der Waals surface area contributed by atoms with E-state index in [0.29, 0.717) is 11.4 Å². The monoisotopic (exact) mass is 360 g/mol. The Morgan fingerprint density at radius 3 is 2.15 bits per heavy atom. The van der Waals surface area contributed by atoms with Crippen LogP contribution in [0.3, 0.4) is 0 Å². The number of carbonyl (C=O) groups is 1. The zero-order valence-corrected chi connectivity index (χ0v) is 14.8. The molecule has 0 saturated heterocycles. The molecule has 1 amide bonds. The highest BCUT2D eigenvalue weighted by Gasteiger charge is 2.37. The highest BCUT2D eigenvalue weighted by atomic mass is 35.5. The third-order valence-electron chi connectivity index (χ3n) is 4.50. The number of anilines is 1. The van der Waals surface area contributed by atoms with Crippen LogP contribution in [0.2, 0.25) is 5.02 Å². The van der Waals surface area contributed by atoms with Gasteiger partial charge in [-0.15, -0.1) is 0 Å². The molecule has 128 valence electrons. The van der Waals surface area contributed by atoms with Crippen molar-refractivity contribution in [2.75, 3.05) is 5.01 Å². The van der Waals surface area contributed by atoms with Crippen molar-refractivity contribution in [2.24, 2.45) is 11.0 Å². The first-order valence-electron chi connectivity index (χ1n) is 8.50. The molecule has 0 N–H and O–H groups in total.